The third-order valence-corrected chi connectivity index (χ3v) is 3.87. The van der Waals surface area contributed by atoms with Crippen molar-refractivity contribution in [2.75, 3.05) is 30.7 Å². The molecule has 2 rings (SSSR count). The minimum absolute atomic E-state index is 0.290. The molecule has 1 aliphatic rings. The van der Waals surface area contributed by atoms with Gasteiger partial charge in [-0.1, -0.05) is 20.3 Å². The molecule has 5 heteroatoms. The van der Waals surface area contributed by atoms with Gasteiger partial charge in [-0.05, 0) is 32.9 Å². The fraction of sp³-hybridized carbons (Fsp3) is 0.733. The first-order valence-electron chi connectivity index (χ1n) is 7.68. The van der Waals surface area contributed by atoms with Gasteiger partial charge in [0.05, 0.1) is 0 Å². The monoisotopic (exact) mass is 277 g/mol. The maximum atomic E-state index is 5.84. The third kappa shape index (κ3) is 4.07. The van der Waals surface area contributed by atoms with E-state index in [2.05, 4.69) is 41.0 Å². The number of nitrogens with one attached hydrogen (secondary N) is 1. The van der Waals surface area contributed by atoms with Crippen LogP contribution in [0.1, 0.15) is 51.8 Å². The number of likely N-dealkylation sites (tertiary alicyclic amines) is 1. The van der Waals surface area contributed by atoms with Crippen LogP contribution < -0.4 is 11.1 Å². The Morgan fingerprint density at radius 1 is 1.20 bits per heavy atom. The Labute approximate surface area is 122 Å². The summed E-state index contributed by atoms with van der Waals surface area (Å²) in [5, 5.41) is 3.41. The van der Waals surface area contributed by atoms with Crippen molar-refractivity contribution in [1.82, 2.24) is 14.9 Å². The van der Waals surface area contributed by atoms with E-state index >= 15 is 0 Å². The van der Waals surface area contributed by atoms with Gasteiger partial charge in [0.15, 0.2) is 0 Å². The fourth-order valence-electron chi connectivity index (χ4n) is 2.57. The highest BCUT2D eigenvalue weighted by Crippen LogP contribution is 2.16. The van der Waals surface area contributed by atoms with Crippen molar-refractivity contribution in [3.63, 3.8) is 0 Å². The van der Waals surface area contributed by atoms with Crippen LogP contribution in [0, 0.1) is 0 Å². The number of hydrogen-bond donors (Lipinski definition) is 2. The second-order valence-corrected chi connectivity index (χ2v) is 6.02. The van der Waals surface area contributed by atoms with Crippen LogP contribution in [0.25, 0.3) is 0 Å². The fourth-order valence-corrected chi connectivity index (χ4v) is 2.57. The van der Waals surface area contributed by atoms with Gasteiger partial charge in [0.1, 0.15) is 17.5 Å². The topological polar surface area (TPSA) is 67.1 Å². The van der Waals surface area contributed by atoms with Gasteiger partial charge < -0.3 is 11.1 Å². The molecule has 0 spiro atoms. The molecule has 1 aromatic rings. The molecule has 1 fully saturated rings. The smallest absolute Gasteiger partial charge is 0.135 e. The van der Waals surface area contributed by atoms with Crippen LogP contribution in [0.3, 0.4) is 0 Å². The number of piperidine rings is 1. The summed E-state index contributed by atoms with van der Waals surface area (Å²) in [7, 11) is 0. The van der Waals surface area contributed by atoms with Gasteiger partial charge in [0.25, 0.3) is 0 Å². The highest BCUT2D eigenvalue weighted by Gasteiger charge is 2.16. The van der Waals surface area contributed by atoms with Crippen LogP contribution in [0.15, 0.2) is 6.07 Å². The Hall–Kier alpha value is -1.36. The average Bonchev–Trinajstić information content (AvgIpc) is 2.45. The zero-order valence-electron chi connectivity index (χ0n) is 12.9. The zero-order chi connectivity index (χ0) is 14.5. The summed E-state index contributed by atoms with van der Waals surface area (Å²) in [6.07, 6.45) is 4.02. The lowest BCUT2D eigenvalue weighted by Gasteiger charge is -2.32. The second-order valence-electron chi connectivity index (χ2n) is 6.02. The number of aromatic nitrogens is 2. The number of nitrogens with two attached hydrogens (primary N) is 1. The molecule has 0 amide bonds. The zero-order valence-corrected chi connectivity index (χ0v) is 12.9. The molecular formula is C15H27N5. The molecule has 1 aliphatic heterocycles. The van der Waals surface area contributed by atoms with E-state index in [1.807, 2.05) is 6.07 Å². The van der Waals surface area contributed by atoms with E-state index in [4.69, 9.17) is 5.73 Å². The van der Waals surface area contributed by atoms with Crippen molar-refractivity contribution in [3.8, 4) is 0 Å². The predicted octanol–water partition coefficient (Wildman–Crippen LogP) is 2.47. The van der Waals surface area contributed by atoms with E-state index in [1.165, 1.54) is 32.4 Å². The van der Waals surface area contributed by atoms with Crippen LogP contribution in [-0.2, 0) is 0 Å². The van der Waals surface area contributed by atoms with E-state index in [9.17, 15) is 0 Å². The normalized spacial score (nSPS) is 18.2. The molecule has 3 N–H and O–H groups in total. The van der Waals surface area contributed by atoms with E-state index in [1.54, 1.807) is 0 Å². The first-order valence-corrected chi connectivity index (χ1v) is 7.68. The van der Waals surface area contributed by atoms with Gasteiger partial charge in [-0.2, -0.15) is 0 Å². The highest BCUT2D eigenvalue weighted by molar-refractivity contribution is 5.45. The standard InChI is InChI=1S/C15H27N5/c1-11(2)15-18-13(16)9-14(19-15)17-10-12(3)20-7-5-4-6-8-20/h9,11-12H,4-8,10H2,1-3H3,(H3,16,17,18,19). The molecule has 1 unspecified atom stereocenters. The quantitative estimate of drug-likeness (QED) is 0.865. The Kier molecular flexibility index (Phi) is 5.17. The Balaban J connectivity index is 1.92. The van der Waals surface area contributed by atoms with Gasteiger partial charge in [-0.25, -0.2) is 9.97 Å². The van der Waals surface area contributed by atoms with Crippen LogP contribution in [0.5, 0.6) is 0 Å². The van der Waals surface area contributed by atoms with E-state index < -0.39 is 0 Å². The number of hydrogen-bond acceptors (Lipinski definition) is 5. The van der Waals surface area contributed by atoms with Gasteiger partial charge >= 0.3 is 0 Å². The molecule has 1 saturated heterocycles. The minimum Gasteiger partial charge on any atom is -0.384 e. The first-order chi connectivity index (χ1) is 9.56. The summed E-state index contributed by atoms with van der Waals surface area (Å²) in [5.41, 5.74) is 5.84. The molecule has 112 valence electrons. The maximum absolute atomic E-state index is 5.84. The van der Waals surface area contributed by atoms with Gasteiger partial charge in [0.2, 0.25) is 0 Å². The Morgan fingerprint density at radius 2 is 1.90 bits per heavy atom. The average molecular weight is 277 g/mol. The molecule has 5 nitrogen and oxygen atoms in total. The molecule has 2 heterocycles. The second kappa shape index (κ2) is 6.88. The molecule has 0 saturated carbocycles. The van der Waals surface area contributed by atoms with E-state index in [-0.39, 0.29) is 0 Å². The van der Waals surface area contributed by atoms with Crippen molar-refractivity contribution in [2.24, 2.45) is 0 Å². The van der Waals surface area contributed by atoms with Gasteiger partial charge in [-0.3, -0.25) is 4.90 Å². The number of nitrogen functional groups attached to an aromatic ring is 1. The lowest BCUT2D eigenvalue weighted by Crippen LogP contribution is -2.41. The number of nitrogens with zero attached hydrogens (tertiary/aromatic N) is 3. The van der Waals surface area contributed by atoms with Gasteiger partial charge in [0, 0.05) is 24.6 Å². The van der Waals surface area contributed by atoms with Crippen LogP contribution in [-0.4, -0.2) is 40.5 Å². The molecule has 0 radical (unpaired) electrons. The lowest BCUT2D eigenvalue weighted by atomic mass is 10.1. The maximum Gasteiger partial charge on any atom is 0.135 e. The van der Waals surface area contributed by atoms with E-state index in [0.717, 1.165) is 18.2 Å². The molecule has 1 aromatic heterocycles. The lowest BCUT2D eigenvalue weighted by molar-refractivity contribution is 0.180. The molecule has 20 heavy (non-hydrogen) atoms. The van der Waals surface area contributed by atoms with Crippen LogP contribution in [0.2, 0.25) is 0 Å². The van der Waals surface area contributed by atoms with Crippen molar-refractivity contribution in [1.29, 1.82) is 0 Å². The molecule has 1 atom stereocenters. The Bertz CT molecular complexity index is 426. The SMILES string of the molecule is CC(C)c1nc(N)cc(NCC(C)N2CCCCC2)n1. The summed E-state index contributed by atoms with van der Waals surface area (Å²) in [5.74, 6) is 2.47. The highest BCUT2D eigenvalue weighted by atomic mass is 15.2. The van der Waals surface area contributed by atoms with Crippen molar-refractivity contribution < 1.29 is 0 Å². The van der Waals surface area contributed by atoms with Crippen molar-refractivity contribution in [3.05, 3.63) is 11.9 Å². The first kappa shape index (κ1) is 15.0. The summed E-state index contributed by atoms with van der Waals surface area (Å²) in [6, 6.07) is 2.34. The molecule has 0 aliphatic carbocycles. The van der Waals surface area contributed by atoms with Crippen LogP contribution in [0.4, 0.5) is 11.6 Å². The van der Waals surface area contributed by atoms with Crippen molar-refractivity contribution in [2.45, 2.75) is 52.0 Å². The number of rotatable bonds is 5. The Morgan fingerprint density at radius 3 is 2.55 bits per heavy atom. The summed E-state index contributed by atoms with van der Waals surface area (Å²) < 4.78 is 0. The minimum atomic E-state index is 0.290. The van der Waals surface area contributed by atoms with Crippen LogP contribution >= 0.6 is 0 Å². The van der Waals surface area contributed by atoms with Crippen molar-refractivity contribution >= 4 is 11.6 Å². The third-order valence-electron chi connectivity index (χ3n) is 3.87. The summed E-state index contributed by atoms with van der Waals surface area (Å²) in [6.45, 7) is 9.75. The summed E-state index contributed by atoms with van der Waals surface area (Å²) in [4.78, 5) is 11.3. The molecule has 0 aromatic carbocycles. The van der Waals surface area contributed by atoms with E-state index in [0.29, 0.717) is 17.8 Å². The number of anilines is 2. The largest absolute Gasteiger partial charge is 0.384 e. The van der Waals surface area contributed by atoms with Gasteiger partial charge in [-0.15, -0.1) is 0 Å². The molecular weight excluding hydrogens is 250 g/mol. The predicted molar refractivity (Wildman–Crippen MR) is 83.9 cm³/mol. The summed E-state index contributed by atoms with van der Waals surface area (Å²) >= 11 is 0. The molecule has 0 bridgehead atoms.